The second-order valence-electron chi connectivity index (χ2n) is 7.67. The van der Waals surface area contributed by atoms with Gasteiger partial charge in [0.05, 0.1) is 0 Å². The van der Waals surface area contributed by atoms with Crippen molar-refractivity contribution in [2.75, 3.05) is 19.1 Å². The molecule has 1 aromatic carbocycles. The molecule has 1 unspecified atom stereocenters. The van der Waals surface area contributed by atoms with Crippen LogP contribution in [0.3, 0.4) is 0 Å². The lowest BCUT2D eigenvalue weighted by Gasteiger charge is -2.19. The Kier molecular flexibility index (Phi) is 5.82. The number of carbonyl (C=O) groups is 1. The predicted octanol–water partition coefficient (Wildman–Crippen LogP) is 2.33. The van der Waals surface area contributed by atoms with Gasteiger partial charge >= 0.3 is 0 Å². The predicted molar refractivity (Wildman–Crippen MR) is 120 cm³/mol. The third kappa shape index (κ3) is 4.21. The highest BCUT2D eigenvalue weighted by molar-refractivity contribution is 9.10. The highest BCUT2D eigenvalue weighted by atomic mass is 79.9. The largest absolute Gasteiger partial charge is 0.454 e. The zero-order valence-electron chi connectivity index (χ0n) is 17.0. The van der Waals surface area contributed by atoms with E-state index in [-0.39, 0.29) is 18.7 Å². The fourth-order valence-corrected chi connectivity index (χ4v) is 5.24. The van der Waals surface area contributed by atoms with Crippen LogP contribution in [0, 0.1) is 5.92 Å². The fraction of sp³-hybridized carbons (Fsp3) is 0.400. The summed E-state index contributed by atoms with van der Waals surface area (Å²) in [5.74, 6) is 1.75. The van der Waals surface area contributed by atoms with Crippen LogP contribution in [0.4, 0.5) is 5.82 Å². The lowest BCUT2D eigenvalue weighted by atomic mass is 10.1. The average Bonchev–Trinajstić information content (AvgIpc) is 3.43. The van der Waals surface area contributed by atoms with Gasteiger partial charge in [0.15, 0.2) is 33.6 Å². The smallest absolute Gasteiger partial charge is 0.245 e. The molecule has 3 heterocycles. The number of nitrogens with one attached hydrogen (secondary N) is 1. The van der Waals surface area contributed by atoms with Gasteiger partial charge in [0.2, 0.25) is 12.7 Å². The van der Waals surface area contributed by atoms with Gasteiger partial charge in [-0.25, -0.2) is 15.0 Å². The van der Waals surface area contributed by atoms with E-state index in [1.165, 1.54) is 18.1 Å². The van der Waals surface area contributed by atoms with Crippen molar-refractivity contribution in [3.05, 3.63) is 22.9 Å². The van der Waals surface area contributed by atoms with E-state index in [1.807, 2.05) is 16.7 Å². The number of ether oxygens (including phenoxy) is 2. The van der Waals surface area contributed by atoms with Crippen LogP contribution in [-0.2, 0) is 11.3 Å². The highest BCUT2D eigenvalue weighted by Gasteiger charge is 2.32. The number of aliphatic hydroxyl groups is 1. The molecule has 5 rings (SSSR count). The minimum absolute atomic E-state index is 0.0126. The second-order valence-corrected chi connectivity index (χ2v) is 9.54. The number of rotatable bonds is 8. The van der Waals surface area contributed by atoms with Crippen LogP contribution >= 0.6 is 27.7 Å². The van der Waals surface area contributed by atoms with Crippen molar-refractivity contribution in [1.29, 1.82) is 0 Å². The molecule has 3 aromatic rings. The fourth-order valence-electron chi connectivity index (χ4n) is 3.73. The Morgan fingerprint density at radius 2 is 2.12 bits per heavy atom. The van der Waals surface area contributed by atoms with Crippen molar-refractivity contribution in [2.24, 2.45) is 5.92 Å². The van der Waals surface area contributed by atoms with E-state index >= 15 is 0 Å². The topological polar surface area (TPSA) is 137 Å². The van der Waals surface area contributed by atoms with Crippen LogP contribution in [0.25, 0.3) is 11.2 Å². The first-order valence-corrected chi connectivity index (χ1v) is 11.8. The average molecular weight is 521 g/mol. The summed E-state index contributed by atoms with van der Waals surface area (Å²) in [4.78, 5) is 25.9. The van der Waals surface area contributed by atoms with Crippen molar-refractivity contribution < 1.29 is 19.4 Å². The van der Waals surface area contributed by atoms with Crippen molar-refractivity contribution in [1.82, 2.24) is 24.8 Å². The van der Waals surface area contributed by atoms with E-state index in [0.717, 1.165) is 22.2 Å². The Hall–Kier alpha value is -2.57. The molecule has 12 heteroatoms. The molecule has 0 spiro atoms. The summed E-state index contributed by atoms with van der Waals surface area (Å²) in [5.41, 5.74) is 7.24. The van der Waals surface area contributed by atoms with Gasteiger partial charge in [0.25, 0.3) is 0 Å². The lowest BCUT2D eigenvalue weighted by Crippen LogP contribution is -2.38. The number of nitrogens with zero attached hydrogens (tertiary/aromatic N) is 4. The molecular formula is C20H21BrN6O4S. The maximum absolute atomic E-state index is 11.8. The number of imidazole rings is 1. The summed E-state index contributed by atoms with van der Waals surface area (Å²) >= 11 is 5.05. The molecule has 168 valence electrons. The summed E-state index contributed by atoms with van der Waals surface area (Å²) in [5, 5.41) is 12.8. The van der Waals surface area contributed by atoms with Crippen LogP contribution < -0.4 is 20.5 Å². The summed E-state index contributed by atoms with van der Waals surface area (Å²) < 4.78 is 13.8. The zero-order valence-corrected chi connectivity index (χ0v) is 19.4. The van der Waals surface area contributed by atoms with Crippen LogP contribution in [0.15, 0.2) is 33.0 Å². The van der Waals surface area contributed by atoms with Crippen LogP contribution in [0.2, 0.25) is 0 Å². The Bertz CT molecular complexity index is 1180. The molecule has 10 nitrogen and oxygen atoms in total. The summed E-state index contributed by atoms with van der Waals surface area (Å²) in [6, 6.07) is 3.77. The molecule has 1 amide bonds. The van der Waals surface area contributed by atoms with Gasteiger partial charge in [-0.2, -0.15) is 0 Å². The Balaban J connectivity index is 1.46. The number of aliphatic hydroxyl groups excluding tert-OH is 1. The van der Waals surface area contributed by atoms with Gasteiger partial charge in [0.1, 0.15) is 12.9 Å². The first kappa shape index (κ1) is 21.3. The molecular weight excluding hydrogens is 500 g/mol. The Labute approximate surface area is 196 Å². The lowest BCUT2D eigenvalue weighted by molar-refractivity contribution is -0.124. The third-order valence-corrected chi connectivity index (χ3v) is 7.47. The van der Waals surface area contributed by atoms with Crippen molar-refractivity contribution in [2.45, 2.75) is 41.9 Å². The Morgan fingerprint density at radius 3 is 2.88 bits per heavy atom. The number of carbonyl (C=O) groups excluding carboxylic acids is 1. The number of nitrogens with two attached hydrogens (primary N) is 1. The summed E-state index contributed by atoms with van der Waals surface area (Å²) in [6.07, 6.45) is 4.25. The monoisotopic (exact) mass is 520 g/mol. The SMILES string of the molecule is Nc1ncnc2c1nc(Sc1cc3c(cc1Br)OCO3)n2CCC(NC(=O)CO)C1CC1. The van der Waals surface area contributed by atoms with E-state index in [4.69, 9.17) is 25.3 Å². The van der Waals surface area contributed by atoms with Crippen molar-refractivity contribution >= 4 is 50.6 Å². The summed E-state index contributed by atoms with van der Waals surface area (Å²) in [7, 11) is 0. The van der Waals surface area contributed by atoms with E-state index in [1.54, 1.807) is 0 Å². The third-order valence-electron chi connectivity index (χ3n) is 5.50. The highest BCUT2D eigenvalue weighted by Crippen LogP contribution is 2.43. The van der Waals surface area contributed by atoms with Gasteiger partial charge < -0.3 is 30.2 Å². The van der Waals surface area contributed by atoms with Crippen LogP contribution in [-0.4, -0.2) is 50.0 Å². The molecule has 2 aliphatic rings. The van der Waals surface area contributed by atoms with E-state index in [9.17, 15) is 4.79 Å². The second kappa shape index (κ2) is 8.75. The molecule has 1 atom stereocenters. The number of fused-ring (bicyclic) bond motifs is 2. The van der Waals surface area contributed by atoms with Crippen molar-refractivity contribution in [3.63, 3.8) is 0 Å². The van der Waals surface area contributed by atoms with Gasteiger partial charge in [-0.05, 0) is 53.2 Å². The number of hydrogen-bond acceptors (Lipinski definition) is 9. The van der Waals surface area contributed by atoms with E-state index in [2.05, 4.69) is 31.2 Å². The zero-order chi connectivity index (χ0) is 22.2. The number of benzene rings is 1. The molecule has 0 radical (unpaired) electrons. The molecule has 1 saturated carbocycles. The molecule has 0 bridgehead atoms. The van der Waals surface area contributed by atoms with Gasteiger partial charge in [0, 0.05) is 22.0 Å². The number of hydrogen-bond donors (Lipinski definition) is 3. The quantitative estimate of drug-likeness (QED) is 0.408. The number of anilines is 1. The van der Waals surface area contributed by atoms with Gasteiger partial charge in [-0.1, -0.05) is 11.8 Å². The minimum atomic E-state index is -0.514. The summed E-state index contributed by atoms with van der Waals surface area (Å²) in [6.45, 7) is 0.257. The molecule has 32 heavy (non-hydrogen) atoms. The number of amides is 1. The molecule has 1 fully saturated rings. The Morgan fingerprint density at radius 1 is 1.34 bits per heavy atom. The van der Waals surface area contributed by atoms with Gasteiger partial charge in [-0.15, -0.1) is 0 Å². The molecule has 4 N–H and O–H groups in total. The van der Waals surface area contributed by atoms with Crippen LogP contribution in [0.1, 0.15) is 19.3 Å². The number of nitrogen functional groups attached to an aromatic ring is 1. The molecule has 1 aliphatic heterocycles. The first-order valence-electron chi connectivity index (χ1n) is 10.2. The minimum Gasteiger partial charge on any atom is -0.454 e. The van der Waals surface area contributed by atoms with Crippen LogP contribution in [0.5, 0.6) is 11.5 Å². The standard InChI is InChI=1S/C20H21BrN6O4S/c21-11-5-13-14(31-9-30-13)6-15(11)32-20-26-17-18(22)23-8-24-19(17)27(20)4-3-12(10-1-2-10)25-16(29)7-28/h5-6,8,10,12,28H,1-4,7,9H2,(H,25,29)(H2,22,23,24). The first-order chi connectivity index (χ1) is 15.5. The molecule has 0 saturated heterocycles. The van der Waals surface area contributed by atoms with E-state index in [0.29, 0.717) is 52.5 Å². The number of aryl methyl sites for hydroxylation is 1. The maximum Gasteiger partial charge on any atom is 0.245 e. The molecule has 1 aliphatic carbocycles. The number of aromatic nitrogens is 4. The van der Waals surface area contributed by atoms with E-state index < -0.39 is 6.61 Å². The number of halogens is 1. The normalized spacial score (nSPS) is 15.8. The molecule has 2 aromatic heterocycles. The van der Waals surface area contributed by atoms with Crippen molar-refractivity contribution in [3.8, 4) is 11.5 Å². The maximum atomic E-state index is 11.8. The van der Waals surface area contributed by atoms with Gasteiger partial charge in [-0.3, -0.25) is 4.79 Å².